The van der Waals surface area contributed by atoms with E-state index in [1.165, 1.54) is 10.9 Å². The predicted octanol–water partition coefficient (Wildman–Crippen LogP) is 3.40. The minimum atomic E-state index is -0.597. The number of nitrogens with zero attached hydrogens (tertiary/aromatic N) is 2. The van der Waals surface area contributed by atoms with E-state index in [1.54, 1.807) is 30.3 Å². The number of carbonyl (C=O) groups is 1. The van der Waals surface area contributed by atoms with Crippen LogP contribution in [0.2, 0.25) is 0 Å². The molecule has 4 rings (SSSR count). The van der Waals surface area contributed by atoms with Gasteiger partial charge in [0, 0.05) is 11.3 Å². The molecule has 0 aliphatic heterocycles. The second kappa shape index (κ2) is 7.17. The molecule has 0 saturated carbocycles. The first-order valence-corrected chi connectivity index (χ1v) is 8.26. The third-order valence-electron chi connectivity index (χ3n) is 3.89. The molecule has 0 fully saturated rings. The summed E-state index contributed by atoms with van der Waals surface area (Å²) >= 11 is 0. The lowest BCUT2D eigenvalue weighted by molar-refractivity contribution is 0.102. The first kappa shape index (κ1) is 16.6. The van der Waals surface area contributed by atoms with Gasteiger partial charge in [-0.15, -0.1) is 5.10 Å². The number of hydrogen-bond donors (Lipinski definition) is 1. The molecular weight excluding hydrogens is 346 g/mol. The van der Waals surface area contributed by atoms with Crippen LogP contribution in [0.3, 0.4) is 0 Å². The van der Waals surface area contributed by atoms with Crippen molar-refractivity contribution in [2.24, 2.45) is 0 Å². The van der Waals surface area contributed by atoms with E-state index in [1.807, 2.05) is 36.4 Å². The van der Waals surface area contributed by atoms with Crippen LogP contribution in [0, 0.1) is 0 Å². The molecule has 1 N–H and O–H groups in total. The number of aromatic nitrogens is 2. The van der Waals surface area contributed by atoms with Gasteiger partial charge in [-0.2, -0.15) is 4.68 Å². The van der Waals surface area contributed by atoms with Gasteiger partial charge in [0.05, 0.1) is 12.8 Å². The molecule has 7 nitrogen and oxygen atoms in total. The van der Waals surface area contributed by atoms with Crippen LogP contribution in [-0.4, -0.2) is 15.7 Å². The van der Waals surface area contributed by atoms with Crippen LogP contribution in [0.5, 0.6) is 0 Å². The van der Waals surface area contributed by atoms with Crippen LogP contribution in [0.4, 0.5) is 5.69 Å². The summed E-state index contributed by atoms with van der Waals surface area (Å²) in [5, 5.41) is 6.96. The van der Waals surface area contributed by atoms with E-state index in [4.69, 9.17) is 8.83 Å². The van der Waals surface area contributed by atoms with Gasteiger partial charge in [-0.1, -0.05) is 30.3 Å². The predicted molar refractivity (Wildman–Crippen MR) is 98.4 cm³/mol. The van der Waals surface area contributed by atoms with Crippen molar-refractivity contribution in [3.8, 4) is 11.7 Å². The molecule has 134 valence electrons. The zero-order valence-corrected chi connectivity index (χ0v) is 14.2. The Morgan fingerprint density at radius 1 is 1.04 bits per heavy atom. The molecule has 0 spiro atoms. The normalized spacial score (nSPS) is 10.7. The fraction of sp³-hybridized carbons (Fsp3) is 0.0500. The third-order valence-corrected chi connectivity index (χ3v) is 3.89. The summed E-state index contributed by atoms with van der Waals surface area (Å²) < 4.78 is 11.5. The topological polar surface area (TPSA) is 90.3 Å². The van der Waals surface area contributed by atoms with Crippen LogP contribution >= 0.6 is 0 Å². The van der Waals surface area contributed by atoms with E-state index in [9.17, 15) is 9.59 Å². The molecule has 0 atom stereocenters. The van der Waals surface area contributed by atoms with Crippen molar-refractivity contribution in [2.45, 2.75) is 6.54 Å². The molecule has 0 bridgehead atoms. The Bertz CT molecular complexity index is 1110. The maximum atomic E-state index is 12.4. The number of hydrogen-bond acceptors (Lipinski definition) is 5. The van der Waals surface area contributed by atoms with Gasteiger partial charge in [-0.25, -0.2) is 4.79 Å². The van der Waals surface area contributed by atoms with Crippen molar-refractivity contribution in [2.75, 3.05) is 5.32 Å². The molecule has 2 aromatic heterocycles. The number of nitrogens with one attached hydrogen (secondary N) is 1. The van der Waals surface area contributed by atoms with Crippen LogP contribution in [0.1, 0.15) is 15.9 Å². The van der Waals surface area contributed by atoms with Crippen molar-refractivity contribution >= 4 is 11.6 Å². The maximum absolute atomic E-state index is 12.4. The molecule has 4 aromatic rings. The van der Waals surface area contributed by atoms with Gasteiger partial charge >= 0.3 is 5.76 Å². The molecule has 2 heterocycles. The Labute approximate surface area is 153 Å². The Balaban J connectivity index is 1.53. The van der Waals surface area contributed by atoms with Gasteiger partial charge in [0.2, 0.25) is 0 Å². The Kier molecular flexibility index (Phi) is 4.40. The summed E-state index contributed by atoms with van der Waals surface area (Å²) in [5.74, 6) is -0.336. The van der Waals surface area contributed by atoms with E-state index >= 15 is 0 Å². The van der Waals surface area contributed by atoms with E-state index in [0.717, 1.165) is 5.56 Å². The highest BCUT2D eigenvalue weighted by Crippen LogP contribution is 2.16. The summed E-state index contributed by atoms with van der Waals surface area (Å²) in [6, 6.07) is 19.5. The lowest BCUT2D eigenvalue weighted by Gasteiger charge is -2.06. The number of para-hydroxylation sites is 1. The van der Waals surface area contributed by atoms with Crippen molar-refractivity contribution in [3.05, 3.63) is 94.7 Å². The smallest absolute Gasteiger partial charge is 0.437 e. The second-order valence-corrected chi connectivity index (χ2v) is 5.83. The van der Waals surface area contributed by atoms with Gasteiger partial charge in [-0.05, 0) is 42.0 Å². The molecular formula is C20H15N3O4. The number of furan rings is 1. The highest BCUT2D eigenvalue weighted by Gasteiger charge is 2.13. The molecule has 0 saturated heterocycles. The summed E-state index contributed by atoms with van der Waals surface area (Å²) in [5.41, 5.74) is 1.94. The first-order valence-electron chi connectivity index (χ1n) is 8.26. The van der Waals surface area contributed by atoms with Crippen molar-refractivity contribution in [3.63, 3.8) is 0 Å². The van der Waals surface area contributed by atoms with Crippen LogP contribution in [-0.2, 0) is 6.54 Å². The lowest BCUT2D eigenvalue weighted by atomic mass is 10.1. The average molecular weight is 361 g/mol. The zero-order chi connectivity index (χ0) is 18.6. The molecule has 2 aromatic carbocycles. The van der Waals surface area contributed by atoms with Crippen LogP contribution in [0.15, 0.2) is 86.6 Å². The van der Waals surface area contributed by atoms with Gasteiger partial charge in [0.25, 0.3) is 11.8 Å². The summed E-state index contributed by atoms with van der Waals surface area (Å²) in [7, 11) is 0. The molecule has 27 heavy (non-hydrogen) atoms. The highest BCUT2D eigenvalue weighted by molar-refractivity contribution is 6.04. The minimum absolute atomic E-state index is 0.114. The third kappa shape index (κ3) is 3.72. The standard InChI is InChI=1S/C20H15N3O4/c24-18(21-16-8-2-1-3-9-16)15-7-4-6-14(12-15)13-23-20(25)27-19(22-23)17-10-5-11-26-17/h1-12H,13H2,(H,21,24). The SMILES string of the molecule is O=C(Nc1ccccc1)c1cccc(Cn2nc(-c3ccco3)oc2=O)c1. The Morgan fingerprint density at radius 2 is 1.89 bits per heavy atom. The number of rotatable bonds is 5. The number of amides is 1. The minimum Gasteiger partial charge on any atom is -0.459 e. The lowest BCUT2D eigenvalue weighted by Crippen LogP contribution is -2.17. The van der Waals surface area contributed by atoms with Crippen molar-refractivity contribution < 1.29 is 13.6 Å². The molecule has 7 heteroatoms. The Hall–Kier alpha value is -3.87. The van der Waals surface area contributed by atoms with E-state index < -0.39 is 5.76 Å². The molecule has 0 unspecified atom stereocenters. The fourth-order valence-corrected chi connectivity index (χ4v) is 2.61. The summed E-state index contributed by atoms with van der Waals surface area (Å²) in [6.45, 7) is 0.176. The van der Waals surface area contributed by atoms with Crippen molar-refractivity contribution in [1.82, 2.24) is 9.78 Å². The van der Waals surface area contributed by atoms with Crippen LogP contribution in [0.25, 0.3) is 11.7 Å². The van der Waals surface area contributed by atoms with Gasteiger partial charge in [0.15, 0.2) is 5.76 Å². The first-order chi connectivity index (χ1) is 13.2. The van der Waals surface area contributed by atoms with Gasteiger partial charge < -0.3 is 14.2 Å². The van der Waals surface area contributed by atoms with E-state index in [0.29, 0.717) is 17.0 Å². The van der Waals surface area contributed by atoms with Crippen LogP contribution < -0.4 is 11.1 Å². The molecule has 0 radical (unpaired) electrons. The summed E-state index contributed by atoms with van der Waals surface area (Å²) in [6.07, 6.45) is 1.48. The van der Waals surface area contributed by atoms with Gasteiger partial charge in [-0.3, -0.25) is 4.79 Å². The maximum Gasteiger partial charge on any atom is 0.437 e. The van der Waals surface area contributed by atoms with Gasteiger partial charge in [0.1, 0.15) is 0 Å². The van der Waals surface area contributed by atoms with E-state index in [-0.39, 0.29) is 18.3 Å². The van der Waals surface area contributed by atoms with E-state index in [2.05, 4.69) is 10.4 Å². The Morgan fingerprint density at radius 3 is 2.67 bits per heavy atom. The zero-order valence-electron chi connectivity index (χ0n) is 14.2. The monoisotopic (exact) mass is 361 g/mol. The highest BCUT2D eigenvalue weighted by atomic mass is 16.4. The molecule has 0 aliphatic carbocycles. The quantitative estimate of drug-likeness (QED) is 0.588. The number of carbonyl (C=O) groups excluding carboxylic acids is 1. The second-order valence-electron chi connectivity index (χ2n) is 5.83. The summed E-state index contributed by atoms with van der Waals surface area (Å²) in [4.78, 5) is 24.4. The average Bonchev–Trinajstić information content (AvgIpc) is 3.33. The van der Waals surface area contributed by atoms with Crippen molar-refractivity contribution in [1.29, 1.82) is 0 Å². The molecule has 1 amide bonds. The fourth-order valence-electron chi connectivity index (χ4n) is 2.61. The largest absolute Gasteiger partial charge is 0.459 e. The molecule has 0 aliphatic rings. The number of anilines is 1. The number of benzene rings is 2.